The van der Waals surface area contributed by atoms with Crippen LogP contribution in [-0.4, -0.2) is 52.0 Å². The highest BCUT2D eigenvalue weighted by Crippen LogP contribution is 2.31. The molecule has 0 atom stereocenters. The van der Waals surface area contributed by atoms with E-state index in [1.165, 1.54) is 0 Å². The van der Waals surface area contributed by atoms with Gasteiger partial charge in [0.25, 0.3) is 0 Å². The van der Waals surface area contributed by atoms with Crippen molar-refractivity contribution in [3.05, 3.63) is 94.5 Å². The SMILES string of the molecule is CCCCOc1cc(N(CC)CC)ccc1/C=C/C1=CC(=C(C#N)C(=O)OCC)C=C(/C=C/c2ccc(N(CC)CC)cc2OCCCC)O1. The molecule has 0 amide bonds. The molecular weight excluding hydrogens is 626 g/mol. The minimum atomic E-state index is -0.678. The number of carbonyl (C=O) groups excluding carboxylic acids is 1. The van der Waals surface area contributed by atoms with Crippen LogP contribution in [0.1, 0.15) is 85.3 Å². The van der Waals surface area contributed by atoms with E-state index < -0.39 is 5.97 Å². The molecule has 0 N–H and O–H groups in total. The van der Waals surface area contributed by atoms with Gasteiger partial charge in [-0.25, -0.2) is 4.79 Å². The summed E-state index contributed by atoms with van der Waals surface area (Å²) >= 11 is 0. The molecule has 8 nitrogen and oxygen atoms in total. The van der Waals surface area contributed by atoms with Crippen molar-refractivity contribution < 1.29 is 23.7 Å². The summed E-state index contributed by atoms with van der Waals surface area (Å²) in [5.41, 5.74) is 4.31. The summed E-state index contributed by atoms with van der Waals surface area (Å²) in [5, 5.41) is 9.98. The fourth-order valence-corrected chi connectivity index (χ4v) is 5.42. The monoisotopic (exact) mass is 681 g/mol. The fourth-order valence-electron chi connectivity index (χ4n) is 5.42. The molecule has 0 aliphatic carbocycles. The molecule has 0 saturated carbocycles. The van der Waals surface area contributed by atoms with Crippen LogP contribution in [0.2, 0.25) is 0 Å². The number of hydrogen-bond donors (Lipinski definition) is 0. The maximum Gasteiger partial charge on any atom is 0.349 e. The van der Waals surface area contributed by atoms with Gasteiger partial charge in [-0.05, 0) is 108 Å². The Balaban J connectivity index is 2.04. The molecule has 3 rings (SSSR count). The largest absolute Gasteiger partial charge is 0.493 e. The number of hydrogen-bond acceptors (Lipinski definition) is 8. The van der Waals surface area contributed by atoms with Crippen LogP contribution < -0.4 is 19.3 Å². The van der Waals surface area contributed by atoms with Crippen LogP contribution >= 0.6 is 0 Å². The van der Waals surface area contributed by atoms with Gasteiger partial charge in [0, 0.05) is 66.4 Å². The lowest BCUT2D eigenvalue weighted by atomic mass is 10.0. The van der Waals surface area contributed by atoms with Gasteiger partial charge in [-0.15, -0.1) is 0 Å². The number of unbranched alkanes of at least 4 members (excludes halogenated alkanes) is 2. The van der Waals surface area contributed by atoms with Crippen molar-refractivity contribution in [1.82, 2.24) is 0 Å². The van der Waals surface area contributed by atoms with Crippen molar-refractivity contribution >= 4 is 29.5 Å². The molecule has 2 aromatic rings. The van der Waals surface area contributed by atoms with Crippen LogP contribution in [0.4, 0.5) is 11.4 Å². The third-order valence-corrected chi connectivity index (χ3v) is 8.33. The average molecular weight is 682 g/mol. The molecule has 0 bridgehead atoms. The highest BCUT2D eigenvalue weighted by Gasteiger charge is 2.19. The van der Waals surface area contributed by atoms with Crippen LogP contribution in [0, 0.1) is 11.3 Å². The predicted molar refractivity (Wildman–Crippen MR) is 205 cm³/mol. The molecule has 0 unspecified atom stereocenters. The molecule has 2 aromatic carbocycles. The third-order valence-electron chi connectivity index (χ3n) is 8.33. The second kappa shape index (κ2) is 21.2. The smallest absolute Gasteiger partial charge is 0.349 e. The number of ether oxygens (including phenoxy) is 4. The molecule has 268 valence electrons. The molecule has 1 heterocycles. The van der Waals surface area contributed by atoms with Gasteiger partial charge in [-0.1, -0.05) is 26.7 Å². The van der Waals surface area contributed by atoms with Crippen molar-refractivity contribution in [2.45, 2.75) is 74.1 Å². The number of nitrogens with zero attached hydrogens (tertiary/aromatic N) is 3. The Morgan fingerprint density at radius 2 is 1.18 bits per heavy atom. The standard InChI is InChI=1S/C42H55N3O5/c1-8-15-25-48-40-29-35(44(10-3)11-4)21-17-32(40)19-23-37-27-34(39(31-43)42(46)47-14-7)28-38(50-37)24-20-33-18-22-36(45(12-5)13-6)30-41(33)49-26-16-9-2/h17-24,27-30H,8-16,25-26H2,1-7H3/b23-19+,24-20+. The average Bonchev–Trinajstić information content (AvgIpc) is 3.12. The summed E-state index contributed by atoms with van der Waals surface area (Å²) in [7, 11) is 0. The van der Waals surface area contributed by atoms with E-state index in [1.807, 2.05) is 42.5 Å². The van der Waals surface area contributed by atoms with Gasteiger partial charge in [-0.2, -0.15) is 5.26 Å². The van der Waals surface area contributed by atoms with Crippen LogP contribution in [0.5, 0.6) is 11.5 Å². The van der Waals surface area contributed by atoms with Crippen molar-refractivity contribution in [2.75, 3.05) is 55.8 Å². The summed E-state index contributed by atoms with van der Waals surface area (Å²) in [6.07, 6.45) is 14.9. The lowest BCUT2D eigenvalue weighted by Gasteiger charge is -2.22. The van der Waals surface area contributed by atoms with E-state index in [1.54, 1.807) is 19.1 Å². The number of allylic oxidation sites excluding steroid dienone is 5. The van der Waals surface area contributed by atoms with Gasteiger partial charge < -0.3 is 28.7 Å². The molecule has 0 fully saturated rings. The van der Waals surface area contributed by atoms with Crippen molar-refractivity contribution in [2.24, 2.45) is 0 Å². The first-order chi connectivity index (χ1) is 24.3. The summed E-state index contributed by atoms with van der Waals surface area (Å²) in [6.45, 7) is 19.5. The zero-order chi connectivity index (χ0) is 36.3. The molecule has 8 heteroatoms. The summed E-state index contributed by atoms with van der Waals surface area (Å²) in [4.78, 5) is 17.3. The highest BCUT2D eigenvalue weighted by molar-refractivity contribution is 5.95. The summed E-state index contributed by atoms with van der Waals surface area (Å²) in [6, 6.07) is 14.5. The minimum absolute atomic E-state index is 0.0914. The topological polar surface area (TPSA) is 84.3 Å². The van der Waals surface area contributed by atoms with E-state index in [9.17, 15) is 10.1 Å². The fraction of sp³-hybridized carbons (Fsp3) is 0.429. The van der Waals surface area contributed by atoms with Gasteiger partial charge in [0.2, 0.25) is 0 Å². The van der Waals surface area contributed by atoms with Crippen molar-refractivity contribution in [3.8, 4) is 17.6 Å². The molecule has 50 heavy (non-hydrogen) atoms. The van der Waals surface area contributed by atoms with E-state index in [4.69, 9.17) is 18.9 Å². The number of carbonyl (C=O) groups is 1. The lowest BCUT2D eigenvalue weighted by Crippen LogP contribution is -2.21. The first-order valence-electron chi connectivity index (χ1n) is 18.2. The molecule has 0 saturated heterocycles. The van der Waals surface area contributed by atoms with Gasteiger partial charge in [-0.3, -0.25) is 0 Å². The molecule has 1 aliphatic heterocycles. The third kappa shape index (κ3) is 11.3. The lowest BCUT2D eigenvalue weighted by molar-refractivity contribution is -0.138. The second-order valence-corrected chi connectivity index (χ2v) is 11.7. The van der Waals surface area contributed by atoms with E-state index in [0.717, 1.165) is 85.9 Å². The van der Waals surface area contributed by atoms with Crippen LogP contribution in [0.15, 0.2) is 83.4 Å². The van der Waals surface area contributed by atoms with Crippen LogP contribution in [0.3, 0.4) is 0 Å². The Labute approximate surface area is 300 Å². The molecule has 0 aromatic heterocycles. The van der Waals surface area contributed by atoms with Gasteiger partial charge in [0.1, 0.15) is 34.7 Å². The van der Waals surface area contributed by atoms with Crippen LogP contribution in [0.25, 0.3) is 12.2 Å². The second-order valence-electron chi connectivity index (χ2n) is 11.7. The first-order valence-corrected chi connectivity index (χ1v) is 18.2. The normalized spacial score (nSPS) is 12.6. The van der Waals surface area contributed by atoms with Crippen molar-refractivity contribution in [1.29, 1.82) is 5.26 Å². The summed E-state index contributed by atoms with van der Waals surface area (Å²) < 4.78 is 24.0. The van der Waals surface area contributed by atoms with Crippen LogP contribution in [-0.2, 0) is 14.3 Å². The van der Waals surface area contributed by atoms with Gasteiger partial charge >= 0.3 is 5.97 Å². The Hall–Kier alpha value is -4.90. The van der Waals surface area contributed by atoms with Gasteiger partial charge in [0.05, 0.1) is 19.8 Å². The molecular formula is C42H55N3O5. The number of nitriles is 1. The highest BCUT2D eigenvalue weighted by atomic mass is 16.5. The zero-order valence-electron chi connectivity index (χ0n) is 31.1. The Bertz CT molecular complexity index is 1510. The number of esters is 1. The number of anilines is 2. The molecule has 0 spiro atoms. The van der Waals surface area contributed by atoms with E-state index in [2.05, 4.69) is 75.6 Å². The van der Waals surface area contributed by atoms with E-state index in [0.29, 0.717) is 30.3 Å². The van der Waals surface area contributed by atoms with Crippen molar-refractivity contribution in [3.63, 3.8) is 0 Å². The first kappa shape index (κ1) is 39.5. The number of rotatable bonds is 20. The van der Waals surface area contributed by atoms with Gasteiger partial charge in [0.15, 0.2) is 0 Å². The quantitative estimate of drug-likeness (QED) is 0.0591. The Morgan fingerprint density at radius 3 is 1.56 bits per heavy atom. The maximum atomic E-state index is 12.8. The minimum Gasteiger partial charge on any atom is -0.493 e. The van der Waals surface area contributed by atoms with E-state index in [-0.39, 0.29) is 12.2 Å². The summed E-state index contributed by atoms with van der Waals surface area (Å²) in [5.74, 6) is 1.82. The predicted octanol–water partition coefficient (Wildman–Crippen LogP) is 9.64. The maximum absolute atomic E-state index is 12.8. The van der Waals surface area contributed by atoms with E-state index >= 15 is 0 Å². The number of benzene rings is 2. The molecule has 0 radical (unpaired) electrons. The Morgan fingerprint density at radius 1 is 0.720 bits per heavy atom. The zero-order valence-corrected chi connectivity index (χ0v) is 31.1. The molecule has 1 aliphatic rings. The Kier molecular flexibility index (Phi) is 16.8.